The van der Waals surface area contributed by atoms with Crippen molar-refractivity contribution < 1.29 is 14.6 Å². The Labute approximate surface area is 196 Å². The molecule has 34 heavy (non-hydrogen) atoms. The van der Waals surface area contributed by atoms with E-state index in [9.17, 15) is 9.90 Å². The van der Waals surface area contributed by atoms with Crippen LogP contribution in [0.3, 0.4) is 0 Å². The van der Waals surface area contributed by atoms with Gasteiger partial charge in [-0.05, 0) is 30.3 Å². The van der Waals surface area contributed by atoms with Crippen molar-refractivity contribution in [1.29, 1.82) is 0 Å². The quantitative estimate of drug-likeness (QED) is 0.222. The molecule has 5 N–H and O–H groups in total. The molecule has 4 aromatic rings. The summed E-state index contributed by atoms with van der Waals surface area (Å²) in [5, 5.41) is 20.3. The molecule has 0 bridgehead atoms. The third-order valence-corrected chi connectivity index (χ3v) is 5.62. The number of aromatic nitrogens is 4. The summed E-state index contributed by atoms with van der Waals surface area (Å²) in [7, 11) is 3.74. The van der Waals surface area contributed by atoms with E-state index in [1.807, 2.05) is 34.7 Å². The zero-order valence-corrected chi connectivity index (χ0v) is 19.1. The molecule has 176 valence electrons. The summed E-state index contributed by atoms with van der Waals surface area (Å²) in [5.41, 5.74) is 11.3. The number of carbonyl (C=O) groups is 1. The summed E-state index contributed by atoms with van der Waals surface area (Å²) in [5.74, 6) is 0.0871. The Morgan fingerprint density at radius 1 is 1.38 bits per heavy atom. The number of nitrogens with two attached hydrogens (primary N) is 1. The topological polar surface area (TPSA) is 134 Å². The number of aliphatic hydroxyl groups is 1. The molecule has 1 aromatic carbocycles. The zero-order chi connectivity index (χ0) is 24.2. The summed E-state index contributed by atoms with van der Waals surface area (Å²) in [6.45, 7) is 4.01. The van der Waals surface area contributed by atoms with E-state index in [2.05, 4.69) is 27.1 Å². The third kappa shape index (κ3) is 4.30. The summed E-state index contributed by atoms with van der Waals surface area (Å²) < 4.78 is 8.18. The number of nitrogens with one attached hydrogen (secondary N) is 2. The smallest absolute Gasteiger partial charge is 0.247 e. The maximum Gasteiger partial charge on any atom is 0.247 e. The maximum atomic E-state index is 11.9. The van der Waals surface area contributed by atoms with Crippen molar-refractivity contribution in [3.05, 3.63) is 61.1 Å². The Hall–Kier alpha value is -4.31. The van der Waals surface area contributed by atoms with Gasteiger partial charge in [0.05, 0.1) is 35.1 Å². The number of aryl methyl sites for hydroxylation is 1. The van der Waals surface area contributed by atoms with Gasteiger partial charge < -0.3 is 30.4 Å². The molecule has 0 saturated carbocycles. The van der Waals surface area contributed by atoms with Gasteiger partial charge in [-0.1, -0.05) is 6.58 Å². The number of rotatable bonds is 9. The average molecular weight is 462 g/mol. The van der Waals surface area contributed by atoms with E-state index < -0.39 is 0 Å². The second-order valence-electron chi connectivity index (χ2n) is 7.76. The molecule has 0 aliphatic heterocycles. The molecule has 3 aromatic heterocycles. The molecule has 10 heteroatoms. The highest BCUT2D eigenvalue weighted by molar-refractivity contribution is 6.02. The van der Waals surface area contributed by atoms with Gasteiger partial charge in [-0.3, -0.25) is 9.89 Å². The number of hydrogen-bond acceptors (Lipinski definition) is 7. The van der Waals surface area contributed by atoms with Crippen molar-refractivity contribution in [3.8, 4) is 17.0 Å². The molecule has 0 unspecified atom stereocenters. The van der Waals surface area contributed by atoms with E-state index >= 15 is 0 Å². The Bertz CT molecular complexity index is 1330. The van der Waals surface area contributed by atoms with Crippen LogP contribution in [0.5, 0.6) is 5.75 Å². The van der Waals surface area contributed by atoms with E-state index in [1.54, 1.807) is 31.6 Å². The second-order valence-corrected chi connectivity index (χ2v) is 7.76. The number of benzene rings is 1. The first-order valence-electron chi connectivity index (χ1n) is 10.7. The third-order valence-electron chi connectivity index (χ3n) is 5.62. The van der Waals surface area contributed by atoms with Crippen LogP contribution >= 0.6 is 0 Å². The van der Waals surface area contributed by atoms with Gasteiger partial charge >= 0.3 is 0 Å². The number of aliphatic hydroxyl groups excluding tert-OH is 1. The van der Waals surface area contributed by atoms with E-state index in [0.717, 1.165) is 28.0 Å². The summed E-state index contributed by atoms with van der Waals surface area (Å²) in [6.07, 6.45) is 4.63. The summed E-state index contributed by atoms with van der Waals surface area (Å²) >= 11 is 0. The van der Waals surface area contributed by atoms with Gasteiger partial charge in [0.2, 0.25) is 5.91 Å². The molecular formula is C24H27N7O3. The lowest BCUT2D eigenvalue weighted by molar-refractivity contribution is -0.111. The van der Waals surface area contributed by atoms with Gasteiger partial charge in [-0.25, -0.2) is 4.98 Å². The minimum absolute atomic E-state index is 0.0532. The summed E-state index contributed by atoms with van der Waals surface area (Å²) in [4.78, 5) is 18.2. The molecule has 0 radical (unpaired) electrons. The fourth-order valence-electron chi connectivity index (χ4n) is 3.90. The Balaban J connectivity index is 1.72. The lowest BCUT2D eigenvalue weighted by atomic mass is 10.1. The average Bonchev–Trinajstić information content (AvgIpc) is 3.45. The number of carbonyl (C=O) groups excluding carboxylic acids is 1. The highest BCUT2D eigenvalue weighted by Crippen LogP contribution is 2.37. The van der Waals surface area contributed by atoms with Gasteiger partial charge in [-0.2, -0.15) is 5.10 Å². The minimum atomic E-state index is -0.362. The van der Waals surface area contributed by atoms with Gasteiger partial charge in [0.15, 0.2) is 0 Å². The molecule has 0 fully saturated rings. The molecule has 0 aliphatic carbocycles. The summed E-state index contributed by atoms with van der Waals surface area (Å²) in [6, 6.07) is 9.19. The number of aromatic amines is 1. The first kappa shape index (κ1) is 22.9. The minimum Gasteiger partial charge on any atom is -0.485 e. The molecule has 10 nitrogen and oxygen atoms in total. The normalized spacial score (nSPS) is 10.9. The van der Waals surface area contributed by atoms with Crippen LogP contribution in [-0.4, -0.2) is 51.0 Å². The van der Waals surface area contributed by atoms with Crippen molar-refractivity contribution >= 4 is 34.0 Å². The van der Waals surface area contributed by atoms with Crippen molar-refractivity contribution in [2.24, 2.45) is 7.05 Å². The van der Waals surface area contributed by atoms with Crippen LogP contribution in [0.4, 0.5) is 17.1 Å². The number of anilines is 3. The van der Waals surface area contributed by atoms with Crippen molar-refractivity contribution in [1.82, 2.24) is 19.7 Å². The van der Waals surface area contributed by atoms with Crippen molar-refractivity contribution in [2.75, 3.05) is 36.1 Å². The molecule has 4 rings (SSSR count). The highest BCUT2D eigenvalue weighted by Gasteiger charge is 2.20. The van der Waals surface area contributed by atoms with E-state index in [1.165, 1.54) is 6.08 Å². The van der Waals surface area contributed by atoms with Crippen LogP contribution in [0, 0.1) is 0 Å². The van der Waals surface area contributed by atoms with Gasteiger partial charge in [0, 0.05) is 50.0 Å². The Morgan fingerprint density at radius 2 is 2.21 bits per heavy atom. The number of ether oxygens (including phenoxy) is 1. The number of amides is 1. The predicted octanol–water partition coefficient (Wildman–Crippen LogP) is 2.68. The molecule has 0 saturated heterocycles. The molecular weight excluding hydrogens is 434 g/mol. The number of nitrogens with zero attached hydrogens (tertiary/aromatic N) is 4. The van der Waals surface area contributed by atoms with E-state index in [-0.39, 0.29) is 19.1 Å². The highest BCUT2D eigenvalue weighted by atomic mass is 16.5. The molecule has 0 atom stereocenters. The lowest BCUT2D eigenvalue weighted by Gasteiger charge is -2.23. The number of H-pyrrole nitrogens is 1. The molecule has 0 spiro atoms. The van der Waals surface area contributed by atoms with Crippen LogP contribution in [0.15, 0.2) is 55.4 Å². The fourth-order valence-corrected chi connectivity index (χ4v) is 3.90. The van der Waals surface area contributed by atoms with Crippen molar-refractivity contribution in [2.45, 2.75) is 6.61 Å². The fraction of sp³-hybridized carbons (Fsp3) is 0.208. The van der Waals surface area contributed by atoms with Crippen LogP contribution in [0.25, 0.3) is 22.3 Å². The second kappa shape index (κ2) is 9.67. The largest absolute Gasteiger partial charge is 0.485 e. The first-order chi connectivity index (χ1) is 16.4. The number of pyridine rings is 1. The monoisotopic (exact) mass is 461 g/mol. The predicted molar refractivity (Wildman–Crippen MR) is 133 cm³/mol. The number of hydrogen-bond donors (Lipinski definition) is 4. The zero-order valence-electron chi connectivity index (χ0n) is 19.1. The Kier molecular flexibility index (Phi) is 6.51. The van der Waals surface area contributed by atoms with Crippen LogP contribution in [0.2, 0.25) is 0 Å². The molecule has 1 amide bonds. The standard InChI is InChI=1S/C24H27N7O3/c1-4-22(33)28-18-12-16(25)21(13-19(18)30(2)10-11-32)34-14-20-23(17-7-9-27-29-17)15-6-5-8-26-24(15)31(20)3/h4-9,12-13,32H,1,10-11,14,25H2,2-3H3,(H,27,29)(H,28,33). The van der Waals surface area contributed by atoms with Crippen LogP contribution in [-0.2, 0) is 18.4 Å². The maximum absolute atomic E-state index is 11.9. The van der Waals surface area contributed by atoms with Gasteiger partial charge in [-0.15, -0.1) is 0 Å². The van der Waals surface area contributed by atoms with E-state index in [0.29, 0.717) is 29.4 Å². The number of nitrogen functional groups attached to an aromatic ring is 1. The van der Waals surface area contributed by atoms with Crippen molar-refractivity contribution in [3.63, 3.8) is 0 Å². The van der Waals surface area contributed by atoms with Crippen LogP contribution < -0.4 is 20.7 Å². The number of fused-ring (bicyclic) bond motifs is 1. The Morgan fingerprint density at radius 3 is 2.91 bits per heavy atom. The van der Waals surface area contributed by atoms with Gasteiger partial charge in [0.25, 0.3) is 0 Å². The molecule has 3 heterocycles. The van der Waals surface area contributed by atoms with Crippen LogP contribution in [0.1, 0.15) is 5.69 Å². The number of likely N-dealkylation sites (N-methyl/N-ethyl adjacent to an activating group) is 1. The SMILES string of the molecule is C=CC(=O)Nc1cc(N)c(OCc2c(-c3ccn[nH]3)c3cccnc3n2C)cc1N(C)CCO. The van der Waals surface area contributed by atoms with E-state index in [4.69, 9.17) is 10.5 Å². The molecule has 0 aliphatic rings. The lowest BCUT2D eigenvalue weighted by Crippen LogP contribution is -2.23. The van der Waals surface area contributed by atoms with Gasteiger partial charge in [0.1, 0.15) is 18.0 Å². The first-order valence-corrected chi connectivity index (χ1v) is 10.7.